The molecule has 0 saturated heterocycles. The second kappa shape index (κ2) is 5.82. The summed E-state index contributed by atoms with van der Waals surface area (Å²) in [7, 11) is 3.59. The summed E-state index contributed by atoms with van der Waals surface area (Å²) >= 11 is 0. The summed E-state index contributed by atoms with van der Waals surface area (Å²) in [6, 6.07) is 0.358. The molecule has 0 fully saturated rings. The smallest absolute Gasteiger partial charge is 0.0964 e. The minimum atomic E-state index is 0.358. The van der Waals surface area contributed by atoms with Crippen molar-refractivity contribution in [1.82, 2.24) is 20.3 Å². The van der Waals surface area contributed by atoms with Gasteiger partial charge in [-0.3, -0.25) is 4.68 Å². The van der Waals surface area contributed by atoms with Crippen LogP contribution in [0.1, 0.15) is 19.5 Å². The molecule has 1 rings (SSSR count). The van der Waals surface area contributed by atoms with E-state index in [4.69, 9.17) is 4.74 Å². The van der Waals surface area contributed by atoms with Crippen LogP contribution in [0.4, 0.5) is 0 Å². The van der Waals surface area contributed by atoms with Gasteiger partial charge in [0.15, 0.2) is 0 Å². The summed E-state index contributed by atoms with van der Waals surface area (Å²) in [6.07, 6.45) is 1.91. The third-order valence-electron chi connectivity index (χ3n) is 2.35. The third-order valence-corrected chi connectivity index (χ3v) is 2.35. The van der Waals surface area contributed by atoms with Gasteiger partial charge < -0.3 is 10.1 Å². The van der Waals surface area contributed by atoms with Crippen LogP contribution in [0.2, 0.25) is 0 Å². The van der Waals surface area contributed by atoms with E-state index in [2.05, 4.69) is 29.5 Å². The first-order chi connectivity index (χ1) is 7.13. The molecule has 86 valence electrons. The molecule has 1 heterocycles. The number of aryl methyl sites for hydroxylation is 1. The molecule has 1 aromatic heterocycles. The molecule has 0 aliphatic rings. The SMILES string of the molecule is COCC(NCc1cn(C)nn1)C(C)C. The lowest BCUT2D eigenvalue weighted by atomic mass is 10.1. The number of hydrogen-bond acceptors (Lipinski definition) is 4. The van der Waals surface area contributed by atoms with E-state index in [0.29, 0.717) is 12.0 Å². The summed E-state index contributed by atoms with van der Waals surface area (Å²) in [4.78, 5) is 0. The molecule has 0 radical (unpaired) electrons. The van der Waals surface area contributed by atoms with Crippen LogP contribution < -0.4 is 5.32 Å². The summed E-state index contributed by atoms with van der Waals surface area (Å²) in [5.74, 6) is 0.543. The van der Waals surface area contributed by atoms with Crippen molar-refractivity contribution in [3.05, 3.63) is 11.9 Å². The number of methoxy groups -OCH3 is 1. The lowest BCUT2D eigenvalue weighted by Crippen LogP contribution is -2.37. The molecule has 1 N–H and O–H groups in total. The van der Waals surface area contributed by atoms with Crippen molar-refractivity contribution in [1.29, 1.82) is 0 Å². The molecule has 0 saturated carbocycles. The molecule has 5 nitrogen and oxygen atoms in total. The Labute approximate surface area is 90.8 Å². The first kappa shape index (κ1) is 12.1. The predicted molar refractivity (Wildman–Crippen MR) is 58.3 cm³/mol. The molecule has 0 aliphatic heterocycles. The van der Waals surface area contributed by atoms with E-state index in [1.54, 1.807) is 11.8 Å². The maximum Gasteiger partial charge on any atom is 0.0964 e. The van der Waals surface area contributed by atoms with Crippen LogP contribution in [0.3, 0.4) is 0 Å². The molecule has 0 bridgehead atoms. The molecule has 0 aliphatic carbocycles. The molecule has 15 heavy (non-hydrogen) atoms. The van der Waals surface area contributed by atoms with E-state index in [1.807, 2.05) is 13.2 Å². The van der Waals surface area contributed by atoms with Crippen LogP contribution in [-0.4, -0.2) is 34.8 Å². The highest BCUT2D eigenvalue weighted by Crippen LogP contribution is 2.03. The van der Waals surface area contributed by atoms with Crippen molar-refractivity contribution in [3.8, 4) is 0 Å². The van der Waals surface area contributed by atoms with E-state index < -0.39 is 0 Å². The van der Waals surface area contributed by atoms with Gasteiger partial charge in [0.25, 0.3) is 0 Å². The minimum absolute atomic E-state index is 0.358. The zero-order chi connectivity index (χ0) is 11.3. The van der Waals surface area contributed by atoms with Crippen LogP contribution in [0.5, 0.6) is 0 Å². The van der Waals surface area contributed by atoms with Crippen molar-refractivity contribution in [2.45, 2.75) is 26.4 Å². The summed E-state index contributed by atoms with van der Waals surface area (Å²) in [6.45, 7) is 5.80. The number of rotatable bonds is 6. The fourth-order valence-electron chi connectivity index (χ4n) is 1.38. The topological polar surface area (TPSA) is 52.0 Å². The van der Waals surface area contributed by atoms with Gasteiger partial charge in [-0.15, -0.1) is 5.10 Å². The van der Waals surface area contributed by atoms with Gasteiger partial charge in [-0.25, -0.2) is 0 Å². The van der Waals surface area contributed by atoms with Gasteiger partial charge in [0.2, 0.25) is 0 Å². The Hall–Kier alpha value is -0.940. The van der Waals surface area contributed by atoms with Crippen LogP contribution in [0.25, 0.3) is 0 Å². The number of ether oxygens (including phenoxy) is 1. The quantitative estimate of drug-likeness (QED) is 0.749. The van der Waals surface area contributed by atoms with Gasteiger partial charge >= 0.3 is 0 Å². The van der Waals surface area contributed by atoms with Crippen LogP contribution in [0, 0.1) is 5.92 Å². The van der Waals surface area contributed by atoms with Crippen molar-refractivity contribution < 1.29 is 4.74 Å². The van der Waals surface area contributed by atoms with Crippen molar-refractivity contribution in [3.63, 3.8) is 0 Å². The number of aromatic nitrogens is 3. The van der Waals surface area contributed by atoms with E-state index in [-0.39, 0.29) is 0 Å². The van der Waals surface area contributed by atoms with Gasteiger partial charge in [-0.05, 0) is 5.92 Å². The van der Waals surface area contributed by atoms with Gasteiger partial charge in [-0.1, -0.05) is 19.1 Å². The van der Waals surface area contributed by atoms with Crippen molar-refractivity contribution >= 4 is 0 Å². The molecular weight excluding hydrogens is 192 g/mol. The normalized spacial score (nSPS) is 13.4. The first-order valence-corrected chi connectivity index (χ1v) is 5.21. The first-order valence-electron chi connectivity index (χ1n) is 5.21. The van der Waals surface area contributed by atoms with Crippen molar-refractivity contribution in [2.24, 2.45) is 13.0 Å². The second-order valence-electron chi connectivity index (χ2n) is 4.07. The Balaban J connectivity index is 2.39. The van der Waals surface area contributed by atoms with Crippen molar-refractivity contribution in [2.75, 3.05) is 13.7 Å². The lowest BCUT2D eigenvalue weighted by Gasteiger charge is -2.20. The largest absolute Gasteiger partial charge is 0.383 e. The number of nitrogens with zero attached hydrogens (tertiary/aromatic N) is 3. The lowest BCUT2D eigenvalue weighted by molar-refractivity contribution is 0.146. The van der Waals surface area contributed by atoms with E-state index in [9.17, 15) is 0 Å². The van der Waals surface area contributed by atoms with E-state index >= 15 is 0 Å². The predicted octanol–water partition coefficient (Wildman–Crippen LogP) is 0.576. The van der Waals surface area contributed by atoms with Gasteiger partial charge in [-0.2, -0.15) is 0 Å². The van der Waals surface area contributed by atoms with Crippen LogP contribution >= 0.6 is 0 Å². The molecule has 0 spiro atoms. The molecule has 0 aromatic carbocycles. The van der Waals surface area contributed by atoms with Gasteiger partial charge in [0.05, 0.1) is 12.3 Å². The van der Waals surface area contributed by atoms with Crippen LogP contribution in [-0.2, 0) is 18.3 Å². The Morgan fingerprint density at radius 2 is 2.27 bits per heavy atom. The highest BCUT2D eigenvalue weighted by molar-refractivity contribution is 4.91. The molecule has 1 aromatic rings. The average Bonchev–Trinajstić information content (AvgIpc) is 2.58. The maximum absolute atomic E-state index is 5.16. The second-order valence-corrected chi connectivity index (χ2v) is 4.07. The third kappa shape index (κ3) is 3.97. The Morgan fingerprint density at radius 1 is 1.53 bits per heavy atom. The molecular formula is C10H20N4O. The standard InChI is InChI=1S/C10H20N4O/c1-8(2)10(7-15-4)11-5-9-6-14(3)13-12-9/h6,8,10-11H,5,7H2,1-4H3. The van der Waals surface area contributed by atoms with Crippen LogP contribution in [0.15, 0.2) is 6.20 Å². The maximum atomic E-state index is 5.16. The highest BCUT2D eigenvalue weighted by atomic mass is 16.5. The van der Waals surface area contributed by atoms with Gasteiger partial charge in [0, 0.05) is 32.9 Å². The molecule has 1 unspecified atom stereocenters. The molecule has 1 atom stereocenters. The zero-order valence-electron chi connectivity index (χ0n) is 9.90. The average molecular weight is 212 g/mol. The Kier molecular flexibility index (Phi) is 4.71. The highest BCUT2D eigenvalue weighted by Gasteiger charge is 2.12. The summed E-state index contributed by atoms with van der Waals surface area (Å²) in [5, 5.41) is 11.3. The fourth-order valence-corrected chi connectivity index (χ4v) is 1.38. The monoisotopic (exact) mass is 212 g/mol. The van der Waals surface area contributed by atoms with E-state index in [0.717, 1.165) is 18.8 Å². The minimum Gasteiger partial charge on any atom is -0.383 e. The number of nitrogens with one attached hydrogen (secondary N) is 1. The summed E-state index contributed by atoms with van der Waals surface area (Å²) < 4.78 is 6.86. The molecule has 0 amide bonds. The Morgan fingerprint density at radius 3 is 2.73 bits per heavy atom. The summed E-state index contributed by atoms with van der Waals surface area (Å²) in [5.41, 5.74) is 0.958. The molecule has 5 heteroatoms. The Bertz CT molecular complexity index is 285. The van der Waals surface area contributed by atoms with Gasteiger partial charge in [0.1, 0.15) is 0 Å². The van der Waals surface area contributed by atoms with E-state index in [1.165, 1.54) is 0 Å². The fraction of sp³-hybridized carbons (Fsp3) is 0.800. The number of hydrogen-bond donors (Lipinski definition) is 1. The zero-order valence-corrected chi connectivity index (χ0v) is 9.90.